The Hall–Kier alpha value is -2.97. The highest BCUT2D eigenvalue weighted by molar-refractivity contribution is 6.36. The summed E-state index contributed by atoms with van der Waals surface area (Å²) in [4.78, 5) is 37.6. The minimum atomic E-state index is -0.964. The number of ether oxygens (including phenoxy) is 1. The summed E-state index contributed by atoms with van der Waals surface area (Å²) < 4.78 is 6.16. The van der Waals surface area contributed by atoms with Crippen LogP contribution >= 0.6 is 23.2 Å². The average Bonchev–Trinajstić information content (AvgIpc) is 2.71. The second-order valence-electron chi connectivity index (χ2n) is 6.82. The molecule has 3 aromatic rings. The number of carbonyl (C=O) groups excluding carboxylic acids is 2. The van der Waals surface area contributed by atoms with Gasteiger partial charge in [0.15, 0.2) is 6.73 Å². The lowest BCUT2D eigenvalue weighted by Crippen LogP contribution is -2.45. The number of fused-ring (bicyclic) bond motifs is 1. The van der Waals surface area contributed by atoms with Crippen molar-refractivity contribution >= 4 is 46.0 Å². The molecule has 0 aliphatic carbocycles. The van der Waals surface area contributed by atoms with Crippen LogP contribution in [0.2, 0.25) is 10.0 Å². The minimum Gasteiger partial charge on any atom is -0.441 e. The summed E-state index contributed by atoms with van der Waals surface area (Å²) in [6, 6.07) is 10.2. The molecule has 8 nitrogen and oxygen atoms in total. The fourth-order valence-electron chi connectivity index (χ4n) is 2.71. The molecule has 1 aromatic heterocycles. The third-order valence-corrected chi connectivity index (χ3v) is 4.89. The van der Waals surface area contributed by atoms with Crippen LogP contribution < -0.4 is 10.9 Å². The van der Waals surface area contributed by atoms with Gasteiger partial charge >= 0.3 is 5.97 Å². The van der Waals surface area contributed by atoms with Gasteiger partial charge in [-0.1, -0.05) is 54.4 Å². The van der Waals surface area contributed by atoms with Crippen LogP contribution in [0, 0.1) is 5.92 Å². The summed E-state index contributed by atoms with van der Waals surface area (Å²) in [6.07, 6.45) is 0. The molecule has 0 saturated heterocycles. The number of rotatable bonds is 6. The van der Waals surface area contributed by atoms with E-state index >= 15 is 0 Å². The first-order chi connectivity index (χ1) is 14.3. The molecular formula is C20H18Cl2N4O4. The Balaban J connectivity index is 1.72. The normalized spacial score (nSPS) is 12.0. The lowest BCUT2D eigenvalue weighted by Gasteiger charge is -2.21. The zero-order valence-corrected chi connectivity index (χ0v) is 17.6. The quantitative estimate of drug-likeness (QED) is 0.581. The Morgan fingerprint density at radius 3 is 2.60 bits per heavy atom. The number of amides is 1. The molecule has 1 N–H and O–H groups in total. The maximum Gasteiger partial charge on any atom is 0.330 e. The summed E-state index contributed by atoms with van der Waals surface area (Å²) in [5, 5.41) is 11.2. The number of benzene rings is 2. The van der Waals surface area contributed by atoms with E-state index in [9.17, 15) is 14.4 Å². The number of nitrogens with one attached hydrogen (secondary N) is 1. The lowest BCUT2D eigenvalue weighted by molar-refractivity contribution is -0.151. The van der Waals surface area contributed by atoms with Crippen LogP contribution in [0.5, 0.6) is 0 Å². The highest BCUT2D eigenvalue weighted by Gasteiger charge is 2.27. The number of esters is 1. The predicted octanol–water partition coefficient (Wildman–Crippen LogP) is 3.05. The molecule has 1 heterocycles. The molecule has 0 fully saturated rings. The fraction of sp³-hybridized carbons (Fsp3) is 0.250. The van der Waals surface area contributed by atoms with Gasteiger partial charge in [-0.05, 0) is 36.2 Å². The first-order valence-electron chi connectivity index (χ1n) is 9.03. The average molecular weight is 449 g/mol. The van der Waals surface area contributed by atoms with Crippen molar-refractivity contribution in [3.63, 3.8) is 0 Å². The monoisotopic (exact) mass is 448 g/mol. The maximum absolute atomic E-state index is 12.6. The summed E-state index contributed by atoms with van der Waals surface area (Å²) in [5.41, 5.74) is 0.180. The van der Waals surface area contributed by atoms with Crippen LogP contribution in [0.1, 0.15) is 24.2 Å². The predicted molar refractivity (Wildman–Crippen MR) is 112 cm³/mol. The Morgan fingerprint density at radius 1 is 1.17 bits per heavy atom. The van der Waals surface area contributed by atoms with E-state index < -0.39 is 30.2 Å². The molecule has 1 unspecified atom stereocenters. The third kappa shape index (κ3) is 4.77. The topological polar surface area (TPSA) is 103 Å². The molecule has 0 aliphatic rings. The number of nitrogens with zero attached hydrogens (tertiary/aromatic N) is 3. The minimum absolute atomic E-state index is 0.161. The van der Waals surface area contributed by atoms with Gasteiger partial charge in [-0.25, -0.2) is 4.79 Å². The molecule has 0 saturated carbocycles. The van der Waals surface area contributed by atoms with E-state index in [-0.39, 0.29) is 16.5 Å². The Kier molecular flexibility index (Phi) is 6.69. The van der Waals surface area contributed by atoms with Crippen molar-refractivity contribution < 1.29 is 14.3 Å². The van der Waals surface area contributed by atoms with Crippen molar-refractivity contribution in [2.75, 3.05) is 0 Å². The maximum atomic E-state index is 12.6. The highest BCUT2D eigenvalue weighted by Crippen LogP contribution is 2.21. The molecule has 3 rings (SSSR count). The van der Waals surface area contributed by atoms with E-state index in [2.05, 4.69) is 15.6 Å². The third-order valence-electron chi connectivity index (χ3n) is 4.34. The second-order valence-corrected chi connectivity index (χ2v) is 7.67. The van der Waals surface area contributed by atoms with Gasteiger partial charge in [-0.3, -0.25) is 9.59 Å². The van der Waals surface area contributed by atoms with E-state index in [1.807, 2.05) is 0 Å². The van der Waals surface area contributed by atoms with E-state index in [0.29, 0.717) is 15.9 Å². The number of hydrogen-bond acceptors (Lipinski definition) is 6. The van der Waals surface area contributed by atoms with Crippen molar-refractivity contribution in [2.45, 2.75) is 26.6 Å². The molecule has 1 amide bonds. The van der Waals surface area contributed by atoms with E-state index in [1.165, 1.54) is 18.2 Å². The second kappa shape index (κ2) is 9.23. The Morgan fingerprint density at radius 2 is 1.90 bits per heavy atom. The first kappa shape index (κ1) is 21.7. The Bertz CT molecular complexity index is 1160. The molecule has 0 spiro atoms. The van der Waals surface area contributed by atoms with Gasteiger partial charge in [0, 0.05) is 5.02 Å². The number of halogens is 2. The molecule has 0 aliphatic heterocycles. The van der Waals surface area contributed by atoms with Gasteiger partial charge in [0.2, 0.25) is 0 Å². The summed E-state index contributed by atoms with van der Waals surface area (Å²) in [6.45, 7) is 3.06. The van der Waals surface area contributed by atoms with E-state index in [4.69, 9.17) is 27.9 Å². The van der Waals surface area contributed by atoms with E-state index in [1.54, 1.807) is 38.1 Å². The van der Waals surface area contributed by atoms with Crippen molar-refractivity contribution in [3.8, 4) is 0 Å². The summed E-state index contributed by atoms with van der Waals surface area (Å²) in [5.74, 6) is -1.55. The van der Waals surface area contributed by atoms with Gasteiger partial charge in [0.25, 0.3) is 11.5 Å². The fourth-order valence-corrected chi connectivity index (χ4v) is 3.21. The molecule has 1 atom stereocenters. The van der Waals surface area contributed by atoms with Gasteiger partial charge in [-0.15, -0.1) is 5.10 Å². The number of hydrogen-bond donors (Lipinski definition) is 1. The molecule has 2 aromatic carbocycles. The van der Waals surface area contributed by atoms with Crippen molar-refractivity contribution in [3.05, 3.63) is 68.4 Å². The van der Waals surface area contributed by atoms with Gasteiger partial charge in [0.1, 0.15) is 11.6 Å². The summed E-state index contributed by atoms with van der Waals surface area (Å²) in [7, 11) is 0. The zero-order valence-electron chi connectivity index (χ0n) is 16.1. The zero-order chi connectivity index (χ0) is 21.8. The number of aromatic nitrogens is 3. The van der Waals surface area contributed by atoms with Crippen LogP contribution in [0.15, 0.2) is 47.3 Å². The van der Waals surface area contributed by atoms with Crippen LogP contribution in [0.4, 0.5) is 0 Å². The van der Waals surface area contributed by atoms with Gasteiger partial charge in [0.05, 0.1) is 16.0 Å². The van der Waals surface area contributed by atoms with Crippen LogP contribution in [-0.4, -0.2) is 32.9 Å². The van der Waals surface area contributed by atoms with Gasteiger partial charge in [-0.2, -0.15) is 4.68 Å². The lowest BCUT2D eigenvalue weighted by atomic mass is 10.0. The van der Waals surface area contributed by atoms with Crippen molar-refractivity contribution in [2.24, 2.45) is 5.92 Å². The van der Waals surface area contributed by atoms with Crippen LogP contribution in [0.25, 0.3) is 10.9 Å². The van der Waals surface area contributed by atoms with Crippen LogP contribution in [-0.2, 0) is 16.3 Å². The van der Waals surface area contributed by atoms with Gasteiger partial charge < -0.3 is 10.1 Å². The van der Waals surface area contributed by atoms with Crippen LogP contribution in [0.3, 0.4) is 0 Å². The largest absolute Gasteiger partial charge is 0.441 e. The van der Waals surface area contributed by atoms with Crippen molar-refractivity contribution in [1.29, 1.82) is 0 Å². The number of carbonyl (C=O) groups is 2. The van der Waals surface area contributed by atoms with Crippen molar-refractivity contribution in [1.82, 2.24) is 20.3 Å². The highest BCUT2D eigenvalue weighted by atomic mass is 35.5. The SMILES string of the molecule is CC(C)C(NC(=O)c1ccc(Cl)cc1Cl)C(=O)OCn1nnc2ccccc2c1=O. The standard InChI is InChI=1S/C20H18Cl2N4O4/c1-11(2)17(23-18(27)13-8-7-12(21)9-15(13)22)20(29)30-10-26-19(28)14-5-3-4-6-16(14)24-25-26/h3-9,11,17H,10H2,1-2H3,(H,23,27). The van der Waals surface area contributed by atoms with E-state index in [0.717, 1.165) is 4.68 Å². The molecule has 0 radical (unpaired) electrons. The molecule has 30 heavy (non-hydrogen) atoms. The molecule has 10 heteroatoms. The smallest absolute Gasteiger partial charge is 0.330 e. The molecular weight excluding hydrogens is 431 g/mol. The molecule has 0 bridgehead atoms. The molecule has 156 valence electrons. The summed E-state index contributed by atoms with van der Waals surface area (Å²) >= 11 is 11.9. The Labute approximate surface area is 181 Å². The first-order valence-corrected chi connectivity index (χ1v) is 9.78.